The molecule has 2 unspecified atom stereocenters. The number of benzene rings is 2. The van der Waals surface area contributed by atoms with Gasteiger partial charge < -0.3 is 5.32 Å². The average molecular weight is 558 g/mol. The van der Waals surface area contributed by atoms with Gasteiger partial charge in [-0.15, -0.1) is 0 Å². The van der Waals surface area contributed by atoms with Gasteiger partial charge in [0.05, 0.1) is 10.6 Å². The normalized spacial score (nSPS) is 23.4. The van der Waals surface area contributed by atoms with Crippen LogP contribution in [0.5, 0.6) is 0 Å². The Morgan fingerprint density at radius 2 is 1.90 bits per heavy atom. The van der Waals surface area contributed by atoms with E-state index in [0.717, 1.165) is 41.3 Å². The fraction of sp³-hybridized carbons (Fsp3) is 0.364. The summed E-state index contributed by atoms with van der Waals surface area (Å²) < 4.78 is 44.4. The Kier molecular flexibility index (Phi) is 6.14. The minimum Gasteiger partial charge on any atom is -0.378 e. The van der Waals surface area contributed by atoms with Crippen molar-refractivity contribution in [3.63, 3.8) is 0 Å². The zero-order valence-corrected chi connectivity index (χ0v) is 20.3. The molecule has 0 spiro atoms. The Balaban J connectivity index is 1.65. The second kappa shape index (κ2) is 8.37. The zero-order chi connectivity index (χ0) is 21.5. The molecule has 4 rings (SSSR count). The highest BCUT2D eigenvalue weighted by Crippen LogP contribution is 2.53. The van der Waals surface area contributed by atoms with Crippen molar-refractivity contribution in [2.45, 2.75) is 48.5 Å². The van der Waals surface area contributed by atoms with E-state index in [1.54, 1.807) is 24.3 Å². The molecule has 1 aliphatic heterocycles. The van der Waals surface area contributed by atoms with Crippen LogP contribution in [0.4, 0.5) is 10.1 Å². The molecule has 2 atom stereocenters. The molecule has 0 amide bonds. The van der Waals surface area contributed by atoms with Crippen molar-refractivity contribution >= 4 is 47.6 Å². The van der Waals surface area contributed by atoms with Gasteiger partial charge >= 0.3 is 0 Å². The molecule has 2 aromatic rings. The van der Waals surface area contributed by atoms with Gasteiger partial charge in [0.2, 0.25) is 10.0 Å². The van der Waals surface area contributed by atoms with Gasteiger partial charge in [-0.05, 0) is 67.6 Å². The van der Waals surface area contributed by atoms with Crippen LogP contribution in [0.3, 0.4) is 0 Å². The summed E-state index contributed by atoms with van der Waals surface area (Å²) in [4.78, 5) is 0.221. The second-order valence-corrected chi connectivity index (χ2v) is 11.5. The molecule has 4 nitrogen and oxygen atoms in total. The number of sulfonamides is 1. The van der Waals surface area contributed by atoms with Crippen LogP contribution in [0.15, 0.2) is 62.4 Å². The third kappa shape index (κ3) is 3.87. The summed E-state index contributed by atoms with van der Waals surface area (Å²) in [6, 6.07) is 9.95. The first-order valence-electron chi connectivity index (χ1n) is 9.93. The van der Waals surface area contributed by atoms with E-state index < -0.39 is 15.4 Å². The standard InChI is InChI=1S/C22H23Br2FN2O2S/c1-14-4-2-3-5-20-22(14,18-12-16(24)13-19(25)21(18)27-20)10-11-26-30(28,29)17-8-6-15(23)7-9-17/h6-9,12-13,20,26-27H,1-5,10-11H2. The predicted molar refractivity (Wildman–Crippen MR) is 125 cm³/mol. The van der Waals surface area contributed by atoms with E-state index in [1.165, 1.54) is 6.07 Å². The Morgan fingerprint density at radius 1 is 1.17 bits per heavy atom. The first kappa shape index (κ1) is 22.0. The van der Waals surface area contributed by atoms with Gasteiger partial charge in [-0.3, -0.25) is 0 Å². The van der Waals surface area contributed by atoms with E-state index in [9.17, 15) is 12.8 Å². The van der Waals surface area contributed by atoms with E-state index in [4.69, 9.17) is 0 Å². The number of rotatable bonds is 5. The molecule has 2 aliphatic rings. The average Bonchev–Trinajstić information content (AvgIpc) is 2.91. The van der Waals surface area contributed by atoms with Crippen LogP contribution in [-0.4, -0.2) is 21.0 Å². The quantitative estimate of drug-likeness (QED) is 0.451. The van der Waals surface area contributed by atoms with Gasteiger partial charge in [0, 0.05) is 26.9 Å². The van der Waals surface area contributed by atoms with Crippen molar-refractivity contribution in [2.75, 3.05) is 11.9 Å². The summed E-state index contributed by atoms with van der Waals surface area (Å²) in [6.07, 6.45) is 4.33. The maximum atomic E-state index is 14.7. The van der Waals surface area contributed by atoms with Crippen molar-refractivity contribution in [3.8, 4) is 0 Å². The summed E-state index contributed by atoms with van der Waals surface area (Å²) in [6.45, 7) is 4.61. The molecule has 1 saturated carbocycles. The highest BCUT2D eigenvalue weighted by atomic mass is 79.9. The minimum absolute atomic E-state index is 0.00323. The van der Waals surface area contributed by atoms with Gasteiger partial charge in [-0.2, -0.15) is 0 Å². The van der Waals surface area contributed by atoms with Crippen LogP contribution >= 0.6 is 31.9 Å². The van der Waals surface area contributed by atoms with Crippen molar-refractivity contribution in [3.05, 3.63) is 68.9 Å². The zero-order valence-electron chi connectivity index (χ0n) is 16.3. The summed E-state index contributed by atoms with van der Waals surface area (Å²) >= 11 is 6.74. The van der Waals surface area contributed by atoms with Crippen LogP contribution in [-0.2, 0) is 15.4 Å². The van der Waals surface area contributed by atoms with Crippen LogP contribution in [0, 0.1) is 5.82 Å². The summed E-state index contributed by atoms with van der Waals surface area (Å²) in [5, 5.41) is 3.39. The fourth-order valence-electron chi connectivity index (χ4n) is 4.79. The third-order valence-corrected chi connectivity index (χ3v) is 8.70. The third-order valence-electron chi connectivity index (χ3n) is 6.24. The SMILES string of the molecule is C=C1CCCCC2Nc3c(F)cc(Br)cc3C12CCNS(=O)(=O)c1ccc(Br)cc1. The van der Waals surface area contributed by atoms with Gasteiger partial charge in [0.15, 0.2) is 0 Å². The molecule has 0 radical (unpaired) electrons. The van der Waals surface area contributed by atoms with E-state index in [2.05, 4.69) is 48.5 Å². The van der Waals surface area contributed by atoms with Gasteiger partial charge in [0.25, 0.3) is 0 Å². The molecular weight excluding hydrogens is 535 g/mol. The predicted octanol–water partition coefficient (Wildman–Crippen LogP) is 5.88. The van der Waals surface area contributed by atoms with Crippen LogP contribution in [0.2, 0.25) is 0 Å². The monoisotopic (exact) mass is 556 g/mol. The van der Waals surface area contributed by atoms with Crippen molar-refractivity contribution in [1.29, 1.82) is 0 Å². The number of fused-ring (bicyclic) bond motifs is 3. The number of hydrogen-bond donors (Lipinski definition) is 2. The molecule has 1 aliphatic carbocycles. The highest BCUT2D eigenvalue weighted by molar-refractivity contribution is 9.10. The first-order chi connectivity index (χ1) is 14.2. The van der Waals surface area contributed by atoms with E-state index in [1.807, 2.05) is 6.07 Å². The molecule has 0 saturated heterocycles. The maximum absolute atomic E-state index is 14.7. The van der Waals surface area contributed by atoms with Crippen LogP contribution in [0.1, 0.15) is 37.7 Å². The highest BCUT2D eigenvalue weighted by Gasteiger charge is 2.50. The smallest absolute Gasteiger partial charge is 0.240 e. The van der Waals surface area contributed by atoms with Crippen molar-refractivity contribution in [1.82, 2.24) is 4.72 Å². The molecule has 8 heteroatoms. The largest absolute Gasteiger partial charge is 0.378 e. The van der Waals surface area contributed by atoms with Gasteiger partial charge in [-0.1, -0.05) is 50.4 Å². The Morgan fingerprint density at radius 3 is 2.63 bits per heavy atom. The molecule has 0 bridgehead atoms. The number of anilines is 1. The molecule has 2 aromatic carbocycles. The Bertz CT molecular complexity index is 1090. The van der Waals surface area contributed by atoms with E-state index in [0.29, 0.717) is 16.6 Å². The van der Waals surface area contributed by atoms with Crippen molar-refractivity contribution < 1.29 is 12.8 Å². The summed E-state index contributed by atoms with van der Waals surface area (Å²) in [5.41, 5.74) is 1.92. The fourth-order valence-corrected chi connectivity index (χ4v) is 6.51. The number of nitrogens with one attached hydrogen (secondary N) is 2. The number of hydrogen-bond acceptors (Lipinski definition) is 3. The first-order valence-corrected chi connectivity index (χ1v) is 13.0. The minimum atomic E-state index is -3.63. The van der Waals surface area contributed by atoms with E-state index in [-0.39, 0.29) is 23.3 Å². The lowest BCUT2D eigenvalue weighted by Gasteiger charge is -2.37. The lowest BCUT2D eigenvalue weighted by molar-refractivity contribution is 0.404. The summed E-state index contributed by atoms with van der Waals surface area (Å²) in [5.74, 6) is -0.296. The molecule has 1 heterocycles. The van der Waals surface area contributed by atoms with Gasteiger partial charge in [0.1, 0.15) is 5.82 Å². The van der Waals surface area contributed by atoms with Crippen LogP contribution in [0.25, 0.3) is 0 Å². The summed E-state index contributed by atoms with van der Waals surface area (Å²) in [7, 11) is -3.63. The maximum Gasteiger partial charge on any atom is 0.240 e. The number of halogens is 3. The second-order valence-electron chi connectivity index (χ2n) is 7.93. The molecular formula is C22H23Br2FN2O2S. The molecule has 1 fully saturated rings. The molecule has 2 N–H and O–H groups in total. The molecule has 0 aromatic heterocycles. The van der Waals surface area contributed by atoms with E-state index >= 15 is 0 Å². The lowest BCUT2D eigenvalue weighted by Crippen LogP contribution is -2.42. The Labute approximate surface area is 193 Å². The van der Waals surface area contributed by atoms with Crippen molar-refractivity contribution in [2.24, 2.45) is 0 Å². The molecule has 160 valence electrons. The van der Waals surface area contributed by atoms with Crippen LogP contribution < -0.4 is 10.0 Å². The topological polar surface area (TPSA) is 58.2 Å². The van der Waals surface area contributed by atoms with Gasteiger partial charge in [-0.25, -0.2) is 17.5 Å². The molecule has 30 heavy (non-hydrogen) atoms. The Hall–Kier alpha value is -1.22. The lowest BCUT2D eigenvalue weighted by atomic mass is 9.68.